The number of phenolic OH excluding ortho intramolecular Hbond substituents is 1. The summed E-state index contributed by atoms with van der Waals surface area (Å²) in [7, 11) is 1.58. The van der Waals surface area contributed by atoms with Gasteiger partial charge in [-0.25, -0.2) is 15.2 Å². The number of para-hydroxylation sites is 1. The zero-order valence-corrected chi connectivity index (χ0v) is 15.4. The molecule has 0 aromatic heterocycles. The molecule has 2 aliphatic rings. The number of carbonyl (C=O) groups excluding carboxylic acids is 2. The number of phenols is 1. The molecule has 142 valence electrons. The van der Waals surface area contributed by atoms with E-state index in [-0.39, 0.29) is 5.75 Å². The first-order valence-corrected chi connectivity index (χ1v) is 8.44. The minimum atomic E-state index is -0.660. The summed E-state index contributed by atoms with van der Waals surface area (Å²) >= 11 is 0. The van der Waals surface area contributed by atoms with E-state index >= 15 is 0 Å². The van der Waals surface area contributed by atoms with Gasteiger partial charge in [-0.3, -0.25) is 10.1 Å². The molecule has 9 heteroatoms. The van der Waals surface area contributed by atoms with Crippen molar-refractivity contribution in [2.24, 2.45) is 10.1 Å². The zero-order chi connectivity index (χ0) is 19.7. The van der Waals surface area contributed by atoms with E-state index in [2.05, 4.69) is 27.4 Å². The highest BCUT2D eigenvalue weighted by Crippen LogP contribution is 2.24. The Morgan fingerprint density at radius 3 is 2.74 bits per heavy atom. The van der Waals surface area contributed by atoms with Gasteiger partial charge < -0.3 is 14.9 Å². The third-order valence-electron chi connectivity index (χ3n) is 4.42. The van der Waals surface area contributed by atoms with Crippen LogP contribution in [0.4, 0.5) is 4.79 Å². The van der Waals surface area contributed by atoms with Crippen LogP contribution in [0.5, 0.6) is 5.75 Å². The van der Waals surface area contributed by atoms with E-state index in [0.717, 1.165) is 5.57 Å². The number of imide groups is 1. The van der Waals surface area contributed by atoms with Crippen LogP contribution in [0.1, 0.15) is 19.4 Å². The molecule has 2 heterocycles. The minimum absolute atomic E-state index is 0.117. The molecule has 0 aliphatic carbocycles. The summed E-state index contributed by atoms with van der Waals surface area (Å²) in [6, 6.07) is 5.70. The molecule has 0 saturated carbocycles. The van der Waals surface area contributed by atoms with Crippen molar-refractivity contribution in [2.45, 2.75) is 26.1 Å². The number of nitrogens with one attached hydrogen (secondary N) is 2. The molecule has 9 nitrogen and oxygen atoms in total. The Bertz CT molecular complexity index is 862. The number of benzene rings is 1. The lowest BCUT2D eigenvalue weighted by Gasteiger charge is -2.36. The fourth-order valence-corrected chi connectivity index (χ4v) is 3.06. The van der Waals surface area contributed by atoms with E-state index in [1.165, 1.54) is 4.90 Å². The molecule has 0 bridgehead atoms. The number of hydrogen-bond acceptors (Lipinski definition) is 7. The Balaban J connectivity index is 1.89. The number of fused-ring (bicyclic) bond motifs is 1. The van der Waals surface area contributed by atoms with Crippen LogP contribution in [0.2, 0.25) is 0 Å². The van der Waals surface area contributed by atoms with Crippen LogP contribution >= 0.6 is 0 Å². The third-order valence-corrected chi connectivity index (χ3v) is 4.42. The summed E-state index contributed by atoms with van der Waals surface area (Å²) < 4.78 is 0. The molecule has 1 aromatic rings. The second-order valence-corrected chi connectivity index (χ2v) is 6.63. The van der Waals surface area contributed by atoms with Gasteiger partial charge in [0.05, 0.1) is 5.71 Å². The summed E-state index contributed by atoms with van der Waals surface area (Å²) in [6.45, 7) is 7.87. The topological polar surface area (TPSA) is 110 Å². The smallest absolute Gasteiger partial charge is 0.325 e. The van der Waals surface area contributed by atoms with Gasteiger partial charge in [-0.15, -0.1) is 0 Å². The summed E-state index contributed by atoms with van der Waals surface area (Å²) in [5.41, 5.74) is 4.83. The number of hydrogen-bond donors (Lipinski definition) is 3. The monoisotopic (exact) mass is 370 g/mol. The molecule has 1 saturated heterocycles. The maximum Gasteiger partial charge on any atom is 0.325 e. The summed E-state index contributed by atoms with van der Waals surface area (Å²) in [4.78, 5) is 31.8. The lowest BCUT2D eigenvalue weighted by atomic mass is 10.1. The maximum absolute atomic E-state index is 12.4. The van der Waals surface area contributed by atoms with E-state index in [1.807, 2.05) is 6.92 Å². The van der Waals surface area contributed by atoms with Crippen molar-refractivity contribution in [3.05, 3.63) is 42.0 Å². The van der Waals surface area contributed by atoms with Gasteiger partial charge in [0.2, 0.25) is 5.96 Å². The van der Waals surface area contributed by atoms with E-state index in [9.17, 15) is 14.7 Å². The van der Waals surface area contributed by atoms with Gasteiger partial charge in [-0.2, -0.15) is 5.10 Å². The Morgan fingerprint density at radius 1 is 1.37 bits per heavy atom. The molecule has 3 amide bonds. The van der Waals surface area contributed by atoms with Crippen LogP contribution in [-0.4, -0.2) is 64.3 Å². The molecule has 27 heavy (non-hydrogen) atoms. The first kappa shape index (κ1) is 18.4. The second kappa shape index (κ2) is 7.10. The Morgan fingerprint density at radius 2 is 2.07 bits per heavy atom. The molecule has 0 radical (unpaired) electrons. The SMILES string of the molecule is C=C(C)CN1C(N/N=C(\C)c2ccccc2O)=NC2C1C(=O)NC(=O)N2C. The quantitative estimate of drug-likeness (QED) is 0.413. The number of rotatable bonds is 4. The number of guanidine groups is 1. The van der Waals surface area contributed by atoms with Crippen molar-refractivity contribution in [1.82, 2.24) is 20.5 Å². The number of likely N-dealkylation sites (N-methyl/N-ethyl adjacent to an activating group) is 1. The second-order valence-electron chi connectivity index (χ2n) is 6.63. The molecular formula is C18H22N6O3. The fraction of sp³-hybridized carbons (Fsp3) is 0.333. The van der Waals surface area contributed by atoms with Gasteiger partial charge >= 0.3 is 6.03 Å². The number of aromatic hydroxyl groups is 1. The Labute approximate surface area is 157 Å². The molecular weight excluding hydrogens is 348 g/mol. The van der Waals surface area contributed by atoms with E-state index in [1.54, 1.807) is 43.1 Å². The Hall–Kier alpha value is -3.36. The van der Waals surface area contributed by atoms with E-state index in [4.69, 9.17) is 0 Å². The molecule has 3 rings (SSSR count). The average Bonchev–Trinajstić information content (AvgIpc) is 2.96. The van der Waals surface area contributed by atoms with Crippen LogP contribution in [0.15, 0.2) is 46.5 Å². The van der Waals surface area contributed by atoms with Gasteiger partial charge in [0.1, 0.15) is 5.75 Å². The number of urea groups is 1. The number of amides is 3. The molecule has 0 spiro atoms. The first-order valence-electron chi connectivity index (χ1n) is 8.44. The normalized spacial score (nSPS) is 22.3. The standard InChI is InChI=1S/C18H22N6O3/c1-10(2)9-24-14-15(23(4)18(27)20-16(14)26)19-17(24)22-21-11(3)12-7-5-6-8-13(12)25/h5-8,14-15,25H,1,9H2,2-4H3,(H,19,22)(H,20,26,27)/b21-11+. The predicted octanol–water partition coefficient (Wildman–Crippen LogP) is 0.830. The van der Waals surface area contributed by atoms with Crippen molar-refractivity contribution in [3.63, 3.8) is 0 Å². The van der Waals surface area contributed by atoms with Crippen molar-refractivity contribution < 1.29 is 14.7 Å². The van der Waals surface area contributed by atoms with Crippen LogP contribution in [0.3, 0.4) is 0 Å². The van der Waals surface area contributed by atoms with Gasteiger partial charge in [0, 0.05) is 19.2 Å². The maximum atomic E-state index is 12.4. The number of hydrazone groups is 1. The molecule has 1 aromatic carbocycles. The first-order chi connectivity index (χ1) is 12.8. The average molecular weight is 370 g/mol. The largest absolute Gasteiger partial charge is 0.507 e. The summed E-state index contributed by atoms with van der Waals surface area (Å²) in [5, 5.41) is 16.6. The highest BCUT2D eigenvalue weighted by Gasteiger charge is 2.48. The minimum Gasteiger partial charge on any atom is -0.507 e. The van der Waals surface area contributed by atoms with Gasteiger partial charge in [-0.05, 0) is 26.0 Å². The Kier molecular flexibility index (Phi) is 4.85. The number of carbonyl (C=O) groups is 2. The van der Waals surface area contributed by atoms with Crippen LogP contribution in [-0.2, 0) is 4.79 Å². The lowest BCUT2D eigenvalue weighted by Crippen LogP contribution is -2.64. The zero-order valence-electron chi connectivity index (χ0n) is 15.4. The molecule has 1 fully saturated rings. The van der Waals surface area contributed by atoms with Gasteiger partial charge in [0.15, 0.2) is 12.2 Å². The van der Waals surface area contributed by atoms with Crippen LogP contribution in [0.25, 0.3) is 0 Å². The van der Waals surface area contributed by atoms with Gasteiger partial charge in [-0.1, -0.05) is 24.3 Å². The fourth-order valence-electron chi connectivity index (χ4n) is 3.06. The highest BCUT2D eigenvalue weighted by molar-refractivity contribution is 6.04. The van der Waals surface area contributed by atoms with Crippen LogP contribution in [0, 0.1) is 0 Å². The summed E-state index contributed by atoms with van der Waals surface area (Å²) in [6.07, 6.45) is -0.645. The lowest BCUT2D eigenvalue weighted by molar-refractivity contribution is -0.127. The van der Waals surface area contributed by atoms with E-state index < -0.39 is 24.1 Å². The van der Waals surface area contributed by atoms with Crippen molar-refractivity contribution >= 4 is 23.6 Å². The van der Waals surface area contributed by atoms with Crippen molar-refractivity contribution in [3.8, 4) is 5.75 Å². The van der Waals surface area contributed by atoms with Crippen LogP contribution < -0.4 is 10.7 Å². The third kappa shape index (κ3) is 3.48. The molecule has 2 atom stereocenters. The van der Waals surface area contributed by atoms with E-state index in [0.29, 0.717) is 23.8 Å². The number of nitrogens with zero attached hydrogens (tertiary/aromatic N) is 4. The highest BCUT2D eigenvalue weighted by atomic mass is 16.3. The summed E-state index contributed by atoms with van der Waals surface area (Å²) in [5.74, 6) is 0.0665. The molecule has 2 unspecified atom stereocenters. The number of aliphatic imine (C=N–C) groups is 1. The predicted molar refractivity (Wildman–Crippen MR) is 101 cm³/mol. The molecule has 2 aliphatic heterocycles. The van der Waals surface area contributed by atoms with Crippen molar-refractivity contribution in [2.75, 3.05) is 13.6 Å². The van der Waals surface area contributed by atoms with Crippen molar-refractivity contribution in [1.29, 1.82) is 0 Å². The molecule has 3 N–H and O–H groups in total. The van der Waals surface area contributed by atoms with Gasteiger partial charge in [0.25, 0.3) is 5.91 Å².